The van der Waals surface area contributed by atoms with Crippen molar-refractivity contribution in [2.45, 2.75) is 83.4 Å². The SMILES string of the molecule is Cc1c[nH]c2c(-c3cc(F)c4c(c3Cl)[C@@H](C)[C@H](OC(=O)NC3CCCCC3)C(C)(C)N4)cccc12. The third kappa shape index (κ3) is 4.26. The number of alkyl carbamates (subject to hydrolysis) is 1. The Morgan fingerprint density at radius 1 is 1.20 bits per heavy atom. The Kier molecular flexibility index (Phi) is 6.20. The van der Waals surface area contributed by atoms with Crippen molar-refractivity contribution in [2.75, 3.05) is 5.32 Å². The minimum atomic E-state index is -0.682. The fourth-order valence-electron chi connectivity index (χ4n) is 5.90. The molecule has 2 heterocycles. The second-order valence-corrected chi connectivity index (χ2v) is 11.0. The lowest BCUT2D eigenvalue weighted by molar-refractivity contribution is 0.0445. The van der Waals surface area contributed by atoms with Gasteiger partial charge in [-0.05, 0) is 45.2 Å². The first kappa shape index (κ1) is 24.0. The molecular weight excluding hydrogens is 465 g/mol. The molecule has 35 heavy (non-hydrogen) atoms. The topological polar surface area (TPSA) is 66.2 Å². The summed E-state index contributed by atoms with van der Waals surface area (Å²) in [5, 5.41) is 7.86. The molecule has 2 aromatic carbocycles. The summed E-state index contributed by atoms with van der Waals surface area (Å²) in [5.74, 6) is -0.686. The van der Waals surface area contributed by atoms with E-state index in [2.05, 4.69) is 15.6 Å². The Hall–Kier alpha value is -2.73. The highest BCUT2D eigenvalue weighted by atomic mass is 35.5. The van der Waals surface area contributed by atoms with Gasteiger partial charge in [0, 0.05) is 40.2 Å². The number of nitrogens with one attached hydrogen (secondary N) is 3. The van der Waals surface area contributed by atoms with E-state index >= 15 is 4.39 Å². The first-order chi connectivity index (χ1) is 16.7. The van der Waals surface area contributed by atoms with Crippen LogP contribution in [0.15, 0.2) is 30.5 Å². The van der Waals surface area contributed by atoms with Gasteiger partial charge in [-0.3, -0.25) is 0 Å². The monoisotopic (exact) mass is 497 g/mol. The number of aryl methyl sites for hydroxylation is 1. The van der Waals surface area contributed by atoms with E-state index < -0.39 is 17.7 Å². The molecule has 5 rings (SSSR count). The van der Waals surface area contributed by atoms with Crippen LogP contribution >= 0.6 is 11.6 Å². The van der Waals surface area contributed by atoms with Gasteiger partial charge in [-0.2, -0.15) is 0 Å². The molecule has 1 aliphatic heterocycles. The first-order valence-corrected chi connectivity index (χ1v) is 12.9. The van der Waals surface area contributed by atoms with Gasteiger partial charge >= 0.3 is 6.09 Å². The first-order valence-electron chi connectivity index (χ1n) is 12.5. The summed E-state index contributed by atoms with van der Waals surface area (Å²) >= 11 is 7.01. The Bertz CT molecular complexity index is 1280. The number of fused-ring (bicyclic) bond motifs is 2. The molecule has 0 radical (unpaired) electrons. The average Bonchev–Trinajstić information content (AvgIpc) is 3.20. The molecule has 1 fully saturated rings. The number of ether oxygens (including phenoxy) is 1. The number of benzene rings is 2. The maximum absolute atomic E-state index is 15.6. The lowest BCUT2D eigenvalue weighted by Crippen LogP contribution is -2.54. The van der Waals surface area contributed by atoms with E-state index in [0.29, 0.717) is 21.8 Å². The van der Waals surface area contributed by atoms with E-state index in [1.165, 1.54) is 12.5 Å². The molecule has 5 nitrogen and oxygen atoms in total. The van der Waals surface area contributed by atoms with Crippen molar-refractivity contribution in [1.29, 1.82) is 0 Å². The average molecular weight is 498 g/mol. The molecule has 1 aliphatic carbocycles. The van der Waals surface area contributed by atoms with E-state index in [1.54, 1.807) is 0 Å². The van der Waals surface area contributed by atoms with Gasteiger partial charge in [0.25, 0.3) is 0 Å². The van der Waals surface area contributed by atoms with Crippen LogP contribution in [0.4, 0.5) is 14.9 Å². The van der Waals surface area contributed by atoms with Crippen LogP contribution in [0.3, 0.4) is 0 Å². The van der Waals surface area contributed by atoms with Crippen molar-refractivity contribution < 1.29 is 13.9 Å². The molecule has 0 bridgehead atoms. The Morgan fingerprint density at radius 3 is 2.69 bits per heavy atom. The van der Waals surface area contributed by atoms with Crippen LogP contribution in [-0.2, 0) is 4.74 Å². The van der Waals surface area contributed by atoms with Gasteiger partial charge in [-0.1, -0.05) is 56.0 Å². The van der Waals surface area contributed by atoms with E-state index in [-0.39, 0.29) is 17.8 Å². The number of hydrogen-bond donors (Lipinski definition) is 3. The Balaban J connectivity index is 1.52. The number of anilines is 1. The predicted octanol–water partition coefficient (Wildman–Crippen LogP) is 7.67. The molecule has 3 N–H and O–H groups in total. The molecule has 0 unspecified atom stereocenters. The summed E-state index contributed by atoms with van der Waals surface area (Å²) in [6, 6.07) is 7.59. The summed E-state index contributed by atoms with van der Waals surface area (Å²) in [5.41, 5.74) is 3.82. The summed E-state index contributed by atoms with van der Waals surface area (Å²) in [6.07, 6.45) is 6.39. The minimum absolute atomic E-state index is 0.149. The number of hydrogen-bond acceptors (Lipinski definition) is 3. The predicted molar refractivity (Wildman–Crippen MR) is 140 cm³/mol. The normalized spacial score (nSPS) is 21.9. The zero-order chi connectivity index (χ0) is 24.9. The van der Waals surface area contributed by atoms with Crippen molar-refractivity contribution in [3.05, 3.63) is 52.4 Å². The maximum Gasteiger partial charge on any atom is 0.407 e. The van der Waals surface area contributed by atoms with Gasteiger partial charge in [-0.25, -0.2) is 9.18 Å². The minimum Gasteiger partial charge on any atom is -0.443 e. The van der Waals surface area contributed by atoms with E-state index in [1.807, 2.05) is 52.1 Å². The van der Waals surface area contributed by atoms with Crippen molar-refractivity contribution in [1.82, 2.24) is 10.3 Å². The summed E-state index contributed by atoms with van der Waals surface area (Å²) in [7, 11) is 0. The van der Waals surface area contributed by atoms with Crippen LogP contribution in [0.1, 0.15) is 69.9 Å². The standard InChI is InChI=1S/C28H33ClFN3O2/c1-15-14-31-24-18(15)11-8-12-19(24)20-13-21(30)25-22(23(20)29)16(2)26(28(3,4)33-25)35-27(34)32-17-9-6-5-7-10-17/h8,11-14,16-17,26,31,33H,5-7,9-10H2,1-4H3,(H,32,34)/t16-,26+/m1/s1. The third-order valence-corrected chi connectivity index (χ3v) is 8.10. The number of carbonyl (C=O) groups is 1. The van der Waals surface area contributed by atoms with E-state index in [4.69, 9.17) is 16.3 Å². The summed E-state index contributed by atoms with van der Waals surface area (Å²) in [6.45, 7) is 7.84. The second-order valence-electron chi connectivity index (χ2n) is 10.6. The number of halogens is 2. The van der Waals surface area contributed by atoms with E-state index in [0.717, 1.165) is 47.7 Å². The molecule has 0 saturated heterocycles. The number of rotatable bonds is 3. The molecule has 0 spiro atoms. The van der Waals surface area contributed by atoms with Crippen LogP contribution < -0.4 is 10.6 Å². The van der Waals surface area contributed by atoms with Gasteiger partial charge in [0.2, 0.25) is 0 Å². The van der Waals surface area contributed by atoms with Gasteiger partial charge < -0.3 is 20.4 Å². The number of aromatic amines is 1. The van der Waals surface area contributed by atoms with E-state index in [9.17, 15) is 4.79 Å². The molecule has 186 valence electrons. The highest BCUT2D eigenvalue weighted by Gasteiger charge is 2.45. The number of carbonyl (C=O) groups excluding carboxylic acids is 1. The van der Waals surface area contributed by atoms with Crippen molar-refractivity contribution in [2.24, 2.45) is 0 Å². The van der Waals surface area contributed by atoms with Crippen LogP contribution in [-0.4, -0.2) is 28.8 Å². The molecular formula is C28H33ClFN3O2. The molecule has 2 atom stereocenters. The number of H-pyrrole nitrogens is 1. The summed E-state index contributed by atoms with van der Waals surface area (Å²) < 4.78 is 21.6. The zero-order valence-electron chi connectivity index (χ0n) is 20.7. The fourth-order valence-corrected chi connectivity index (χ4v) is 6.32. The Labute approximate surface area is 210 Å². The largest absolute Gasteiger partial charge is 0.443 e. The molecule has 1 amide bonds. The van der Waals surface area contributed by atoms with Crippen molar-refractivity contribution >= 4 is 34.3 Å². The van der Waals surface area contributed by atoms with Gasteiger partial charge in [0.1, 0.15) is 11.9 Å². The number of para-hydroxylation sites is 1. The molecule has 2 aliphatic rings. The molecule has 1 aromatic heterocycles. The van der Waals surface area contributed by atoms with Crippen molar-refractivity contribution in [3.63, 3.8) is 0 Å². The quantitative estimate of drug-likeness (QED) is 0.347. The second kappa shape index (κ2) is 9.05. The lowest BCUT2D eigenvalue weighted by Gasteiger charge is -2.45. The molecule has 1 saturated carbocycles. The maximum atomic E-state index is 15.6. The molecule has 7 heteroatoms. The van der Waals surface area contributed by atoms with Crippen LogP contribution in [0.25, 0.3) is 22.0 Å². The van der Waals surface area contributed by atoms with Crippen LogP contribution in [0.2, 0.25) is 5.02 Å². The van der Waals surface area contributed by atoms with Gasteiger partial charge in [-0.15, -0.1) is 0 Å². The smallest absolute Gasteiger partial charge is 0.407 e. The van der Waals surface area contributed by atoms with Gasteiger partial charge in [0.05, 0.1) is 21.8 Å². The Morgan fingerprint density at radius 2 is 1.94 bits per heavy atom. The number of aromatic nitrogens is 1. The van der Waals surface area contributed by atoms with Crippen LogP contribution in [0, 0.1) is 12.7 Å². The third-order valence-electron chi connectivity index (χ3n) is 7.69. The lowest BCUT2D eigenvalue weighted by atomic mass is 9.78. The highest BCUT2D eigenvalue weighted by Crippen LogP contribution is 2.49. The highest BCUT2D eigenvalue weighted by molar-refractivity contribution is 6.35. The van der Waals surface area contributed by atoms with Gasteiger partial charge in [0.15, 0.2) is 0 Å². The molecule has 3 aromatic rings. The summed E-state index contributed by atoms with van der Waals surface area (Å²) in [4.78, 5) is 16.1. The van der Waals surface area contributed by atoms with Crippen LogP contribution in [0.5, 0.6) is 0 Å². The fraction of sp³-hybridized carbons (Fsp3) is 0.464. The van der Waals surface area contributed by atoms with Crippen molar-refractivity contribution in [3.8, 4) is 11.1 Å². The number of amides is 1. The zero-order valence-corrected chi connectivity index (χ0v) is 21.5.